The summed E-state index contributed by atoms with van der Waals surface area (Å²) in [6.45, 7) is 0. The van der Waals surface area contributed by atoms with Gasteiger partial charge in [-0.25, -0.2) is 0 Å². The molecular formula is C19H13BrN2OS. The van der Waals surface area contributed by atoms with Gasteiger partial charge in [-0.05, 0) is 44.4 Å². The summed E-state index contributed by atoms with van der Waals surface area (Å²) < 4.78 is 6.74. The minimum atomic E-state index is 0.530. The van der Waals surface area contributed by atoms with Crippen LogP contribution >= 0.6 is 27.7 Å². The Bertz CT molecular complexity index is 994. The van der Waals surface area contributed by atoms with Crippen molar-refractivity contribution in [1.29, 1.82) is 0 Å². The molecule has 3 nitrogen and oxygen atoms in total. The standard InChI is InChI=1S/C19H13BrN2OS/c20-17-11-4-3-10-16(17)18-21-22-19(23-18)24-12-14-8-5-7-13-6-1-2-9-15(13)14/h1-11H,12H2. The lowest BCUT2D eigenvalue weighted by atomic mass is 10.1. The number of benzene rings is 3. The van der Waals surface area contributed by atoms with Crippen molar-refractivity contribution in [2.24, 2.45) is 0 Å². The Labute approximate surface area is 152 Å². The molecule has 0 aliphatic heterocycles. The monoisotopic (exact) mass is 396 g/mol. The maximum atomic E-state index is 5.80. The van der Waals surface area contributed by atoms with Crippen molar-refractivity contribution in [3.63, 3.8) is 0 Å². The predicted octanol–water partition coefficient (Wildman–Crippen LogP) is 5.94. The number of hydrogen-bond donors (Lipinski definition) is 0. The van der Waals surface area contributed by atoms with Crippen LogP contribution in [0, 0.1) is 0 Å². The van der Waals surface area contributed by atoms with E-state index in [0.717, 1.165) is 15.8 Å². The molecule has 24 heavy (non-hydrogen) atoms. The molecule has 0 fully saturated rings. The molecule has 1 aromatic heterocycles. The molecule has 0 radical (unpaired) electrons. The van der Waals surface area contributed by atoms with Crippen molar-refractivity contribution in [3.8, 4) is 11.5 Å². The van der Waals surface area contributed by atoms with Gasteiger partial charge in [0.2, 0.25) is 5.89 Å². The molecule has 5 heteroatoms. The van der Waals surface area contributed by atoms with Gasteiger partial charge in [0.05, 0.1) is 5.56 Å². The quantitative estimate of drug-likeness (QED) is 0.399. The second kappa shape index (κ2) is 6.79. The lowest BCUT2D eigenvalue weighted by Gasteiger charge is -2.04. The number of thioether (sulfide) groups is 1. The third-order valence-electron chi connectivity index (χ3n) is 3.74. The first-order chi connectivity index (χ1) is 11.8. The van der Waals surface area contributed by atoms with Gasteiger partial charge in [0.15, 0.2) is 0 Å². The highest BCUT2D eigenvalue weighted by Crippen LogP contribution is 2.31. The van der Waals surface area contributed by atoms with E-state index >= 15 is 0 Å². The molecule has 4 aromatic rings. The molecule has 0 spiro atoms. The van der Waals surface area contributed by atoms with Crippen molar-refractivity contribution in [1.82, 2.24) is 10.2 Å². The van der Waals surface area contributed by atoms with E-state index < -0.39 is 0 Å². The minimum absolute atomic E-state index is 0.530. The van der Waals surface area contributed by atoms with Gasteiger partial charge >= 0.3 is 0 Å². The van der Waals surface area contributed by atoms with E-state index in [2.05, 4.69) is 68.6 Å². The number of nitrogens with zero attached hydrogens (tertiary/aromatic N) is 2. The van der Waals surface area contributed by atoms with Crippen LogP contribution in [-0.4, -0.2) is 10.2 Å². The SMILES string of the molecule is Brc1ccccc1-c1nnc(SCc2cccc3ccccc23)o1. The number of aromatic nitrogens is 2. The van der Waals surface area contributed by atoms with Crippen molar-refractivity contribution >= 4 is 38.5 Å². The normalized spacial score (nSPS) is 11.0. The smallest absolute Gasteiger partial charge is 0.277 e. The van der Waals surface area contributed by atoms with Crippen LogP contribution in [-0.2, 0) is 5.75 Å². The van der Waals surface area contributed by atoms with Crippen molar-refractivity contribution in [2.75, 3.05) is 0 Å². The Morgan fingerprint density at radius 3 is 2.58 bits per heavy atom. The van der Waals surface area contributed by atoms with Gasteiger partial charge in [-0.3, -0.25) is 0 Å². The van der Waals surface area contributed by atoms with E-state index in [9.17, 15) is 0 Å². The van der Waals surface area contributed by atoms with Crippen LogP contribution < -0.4 is 0 Å². The maximum Gasteiger partial charge on any atom is 0.277 e. The molecular weight excluding hydrogens is 384 g/mol. The van der Waals surface area contributed by atoms with E-state index in [4.69, 9.17) is 4.42 Å². The fourth-order valence-electron chi connectivity index (χ4n) is 2.57. The fraction of sp³-hybridized carbons (Fsp3) is 0.0526. The first-order valence-corrected chi connectivity index (χ1v) is 9.27. The zero-order valence-electron chi connectivity index (χ0n) is 12.6. The van der Waals surface area contributed by atoms with E-state index in [1.165, 1.54) is 16.3 Å². The molecule has 118 valence electrons. The molecule has 1 heterocycles. The Morgan fingerprint density at radius 1 is 0.875 bits per heavy atom. The minimum Gasteiger partial charge on any atom is -0.411 e. The zero-order chi connectivity index (χ0) is 16.4. The predicted molar refractivity (Wildman–Crippen MR) is 101 cm³/mol. The van der Waals surface area contributed by atoms with Gasteiger partial charge in [-0.15, -0.1) is 10.2 Å². The number of hydrogen-bond acceptors (Lipinski definition) is 4. The van der Waals surface area contributed by atoms with E-state index in [1.807, 2.05) is 24.3 Å². The molecule has 0 unspecified atom stereocenters. The van der Waals surface area contributed by atoms with Gasteiger partial charge in [0, 0.05) is 10.2 Å². The largest absolute Gasteiger partial charge is 0.411 e. The number of halogens is 1. The second-order valence-corrected chi connectivity index (χ2v) is 7.06. The lowest BCUT2D eigenvalue weighted by Crippen LogP contribution is -1.84. The third-order valence-corrected chi connectivity index (χ3v) is 5.30. The third kappa shape index (κ3) is 3.09. The van der Waals surface area contributed by atoms with E-state index in [0.29, 0.717) is 11.1 Å². The second-order valence-electron chi connectivity index (χ2n) is 5.28. The Morgan fingerprint density at radius 2 is 1.67 bits per heavy atom. The van der Waals surface area contributed by atoms with Crippen molar-refractivity contribution in [2.45, 2.75) is 11.0 Å². The molecule has 3 aromatic carbocycles. The van der Waals surface area contributed by atoms with Crippen molar-refractivity contribution in [3.05, 3.63) is 76.8 Å². The van der Waals surface area contributed by atoms with Crippen LogP contribution in [0.3, 0.4) is 0 Å². The van der Waals surface area contributed by atoms with Gasteiger partial charge in [0.25, 0.3) is 5.22 Å². The van der Waals surface area contributed by atoms with Gasteiger partial charge in [-0.2, -0.15) is 0 Å². The first-order valence-electron chi connectivity index (χ1n) is 7.49. The van der Waals surface area contributed by atoms with Crippen LogP contribution in [0.5, 0.6) is 0 Å². The van der Waals surface area contributed by atoms with Gasteiger partial charge < -0.3 is 4.42 Å². The molecule has 0 amide bonds. The molecule has 0 N–H and O–H groups in total. The molecule has 0 aliphatic carbocycles. The average molecular weight is 397 g/mol. The summed E-state index contributed by atoms with van der Waals surface area (Å²) in [5.41, 5.74) is 2.17. The Balaban J connectivity index is 1.56. The van der Waals surface area contributed by atoms with E-state index in [1.54, 1.807) is 11.8 Å². The summed E-state index contributed by atoms with van der Waals surface area (Å²) in [6, 6.07) is 22.6. The van der Waals surface area contributed by atoms with Gasteiger partial charge in [0.1, 0.15) is 0 Å². The van der Waals surface area contributed by atoms with E-state index in [-0.39, 0.29) is 0 Å². The summed E-state index contributed by atoms with van der Waals surface area (Å²) in [4.78, 5) is 0. The molecule has 0 atom stereocenters. The number of fused-ring (bicyclic) bond motifs is 1. The van der Waals surface area contributed by atoms with Crippen molar-refractivity contribution < 1.29 is 4.42 Å². The molecule has 0 bridgehead atoms. The van der Waals surface area contributed by atoms with Gasteiger partial charge in [-0.1, -0.05) is 66.4 Å². The molecule has 0 saturated carbocycles. The Hall–Kier alpha value is -2.11. The molecule has 4 rings (SSSR count). The Kier molecular flexibility index (Phi) is 4.36. The fourth-order valence-corrected chi connectivity index (χ4v) is 3.79. The first kappa shape index (κ1) is 15.4. The van der Waals surface area contributed by atoms with Crippen LogP contribution in [0.4, 0.5) is 0 Å². The summed E-state index contributed by atoms with van der Waals surface area (Å²) in [5, 5.41) is 11.4. The lowest BCUT2D eigenvalue weighted by molar-refractivity contribution is 0.465. The van der Waals surface area contributed by atoms with Crippen LogP contribution in [0.25, 0.3) is 22.2 Å². The highest BCUT2D eigenvalue weighted by Gasteiger charge is 2.12. The van der Waals surface area contributed by atoms with Crippen LogP contribution in [0.15, 0.2) is 80.8 Å². The molecule has 0 aliphatic rings. The number of rotatable bonds is 4. The summed E-state index contributed by atoms with van der Waals surface area (Å²) >= 11 is 5.06. The summed E-state index contributed by atoms with van der Waals surface area (Å²) in [6.07, 6.45) is 0. The van der Waals surface area contributed by atoms with Crippen LogP contribution in [0.2, 0.25) is 0 Å². The highest BCUT2D eigenvalue weighted by molar-refractivity contribution is 9.10. The highest BCUT2D eigenvalue weighted by atomic mass is 79.9. The molecule has 0 saturated heterocycles. The zero-order valence-corrected chi connectivity index (χ0v) is 15.0. The van der Waals surface area contributed by atoms with Crippen LogP contribution in [0.1, 0.15) is 5.56 Å². The summed E-state index contributed by atoms with van der Waals surface area (Å²) in [7, 11) is 0. The topological polar surface area (TPSA) is 38.9 Å². The maximum absolute atomic E-state index is 5.80. The average Bonchev–Trinajstić information content (AvgIpc) is 3.09. The summed E-state index contributed by atoms with van der Waals surface area (Å²) in [5.74, 6) is 1.32.